The highest BCUT2D eigenvalue weighted by atomic mass is 16.2. The Balaban J connectivity index is 2.00. The Labute approximate surface area is 184 Å². The lowest BCUT2D eigenvalue weighted by atomic mass is 9.86. The van der Waals surface area contributed by atoms with Crippen molar-refractivity contribution >= 4 is 11.5 Å². The normalized spacial score (nSPS) is 14.9. The Morgan fingerprint density at radius 2 is 1.74 bits per heavy atom. The van der Waals surface area contributed by atoms with E-state index in [1.165, 1.54) is 5.56 Å². The standard InChI is InChI=1S/C27H30N2O2/c1-7-19-17-29(26(31)22(19)8-2)16-15-23(24-14-9-18(3)25(30)28-24)20-10-12-21(13-11-20)27(4,5)6/h7-15H,1-2,16-17H2,3-6H3,(H,28,30)/b23-15+. The number of rotatable bonds is 6. The van der Waals surface area contributed by atoms with Crippen molar-refractivity contribution in [2.45, 2.75) is 33.1 Å². The summed E-state index contributed by atoms with van der Waals surface area (Å²) < 4.78 is 0. The number of carbonyl (C=O) groups is 1. The van der Waals surface area contributed by atoms with E-state index < -0.39 is 0 Å². The topological polar surface area (TPSA) is 53.2 Å². The van der Waals surface area contributed by atoms with Crippen LogP contribution in [0.1, 0.15) is 43.2 Å². The zero-order valence-electron chi connectivity index (χ0n) is 18.8. The summed E-state index contributed by atoms with van der Waals surface area (Å²) >= 11 is 0. The molecule has 1 aromatic carbocycles. The molecular weight excluding hydrogens is 384 g/mol. The molecule has 0 bridgehead atoms. The van der Waals surface area contributed by atoms with Crippen LogP contribution in [0.15, 0.2) is 83.7 Å². The number of H-pyrrole nitrogens is 1. The van der Waals surface area contributed by atoms with E-state index in [9.17, 15) is 9.59 Å². The first kappa shape index (κ1) is 22.3. The first-order valence-electron chi connectivity index (χ1n) is 10.4. The zero-order valence-corrected chi connectivity index (χ0v) is 18.8. The summed E-state index contributed by atoms with van der Waals surface area (Å²) in [5, 5.41) is 0. The van der Waals surface area contributed by atoms with E-state index in [1.54, 1.807) is 24.0 Å². The Morgan fingerprint density at radius 3 is 2.26 bits per heavy atom. The minimum Gasteiger partial charge on any atom is -0.331 e. The predicted molar refractivity (Wildman–Crippen MR) is 128 cm³/mol. The predicted octanol–water partition coefficient (Wildman–Crippen LogP) is 4.92. The van der Waals surface area contributed by atoms with Gasteiger partial charge in [0.2, 0.25) is 0 Å². The molecule has 0 radical (unpaired) electrons. The molecule has 1 N–H and O–H groups in total. The van der Waals surface area contributed by atoms with Crippen molar-refractivity contribution < 1.29 is 4.79 Å². The molecule has 2 aromatic rings. The van der Waals surface area contributed by atoms with Crippen LogP contribution in [0.5, 0.6) is 0 Å². The summed E-state index contributed by atoms with van der Waals surface area (Å²) in [6.45, 7) is 16.8. The second-order valence-corrected chi connectivity index (χ2v) is 8.86. The highest BCUT2D eigenvalue weighted by Gasteiger charge is 2.26. The Kier molecular flexibility index (Phi) is 6.30. The van der Waals surface area contributed by atoms with Crippen LogP contribution in [-0.2, 0) is 10.2 Å². The molecule has 0 spiro atoms. The summed E-state index contributed by atoms with van der Waals surface area (Å²) in [5.74, 6) is -0.0546. The second-order valence-electron chi connectivity index (χ2n) is 8.86. The number of pyridine rings is 1. The maximum atomic E-state index is 12.7. The number of hydrogen-bond acceptors (Lipinski definition) is 2. The zero-order chi connectivity index (χ0) is 22.8. The number of hydrogen-bond donors (Lipinski definition) is 1. The molecule has 4 nitrogen and oxygen atoms in total. The van der Waals surface area contributed by atoms with Crippen molar-refractivity contribution in [2.75, 3.05) is 13.1 Å². The number of aromatic nitrogens is 1. The lowest BCUT2D eigenvalue weighted by Gasteiger charge is -2.20. The molecule has 1 aliphatic rings. The molecule has 0 atom stereocenters. The van der Waals surface area contributed by atoms with Gasteiger partial charge in [-0.2, -0.15) is 0 Å². The van der Waals surface area contributed by atoms with Gasteiger partial charge < -0.3 is 9.88 Å². The van der Waals surface area contributed by atoms with Crippen molar-refractivity contribution in [1.29, 1.82) is 0 Å². The maximum absolute atomic E-state index is 12.7. The third-order valence-electron chi connectivity index (χ3n) is 5.65. The van der Waals surface area contributed by atoms with Gasteiger partial charge in [0.25, 0.3) is 11.5 Å². The Bertz CT molecular complexity index is 1140. The number of aromatic amines is 1. The number of aryl methyl sites for hydroxylation is 1. The highest BCUT2D eigenvalue weighted by Crippen LogP contribution is 2.27. The molecule has 2 heterocycles. The molecule has 0 fully saturated rings. The fraction of sp³-hybridized carbons (Fsp3) is 0.259. The van der Waals surface area contributed by atoms with Gasteiger partial charge in [-0.1, -0.05) is 82.5 Å². The lowest BCUT2D eigenvalue weighted by Crippen LogP contribution is -2.27. The molecule has 0 saturated heterocycles. The van der Waals surface area contributed by atoms with E-state index in [4.69, 9.17) is 0 Å². The van der Waals surface area contributed by atoms with Crippen molar-refractivity contribution in [2.24, 2.45) is 0 Å². The third-order valence-corrected chi connectivity index (χ3v) is 5.65. The number of carbonyl (C=O) groups excluding carboxylic acids is 1. The van der Waals surface area contributed by atoms with E-state index in [0.29, 0.717) is 24.2 Å². The number of benzene rings is 1. The van der Waals surface area contributed by atoms with Gasteiger partial charge in [-0.25, -0.2) is 0 Å². The molecule has 1 aromatic heterocycles. The first-order valence-corrected chi connectivity index (χ1v) is 10.4. The molecule has 3 rings (SSSR count). The van der Waals surface area contributed by atoms with Gasteiger partial charge in [0, 0.05) is 35.5 Å². The molecule has 1 amide bonds. The average molecular weight is 415 g/mol. The minimum absolute atomic E-state index is 0.0520. The van der Waals surface area contributed by atoms with E-state index in [2.05, 4.69) is 63.2 Å². The molecule has 31 heavy (non-hydrogen) atoms. The van der Waals surface area contributed by atoms with Gasteiger partial charge in [-0.3, -0.25) is 9.59 Å². The second kappa shape index (κ2) is 8.76. The van der Waals surface area contributed by atoms with Gasteiger partial charge >= 0.3 is 0 Å². The van der Waals surface area contributed by atoms with E-state index in [0.717, 1.165) is 22.4 Å². The molecule has 1 aliphatic heterocycles. The fourth-order valence-electron chi connectivity index (χ4n) is 3.65. The molecule has 4 heteroatoms. The quantitative estimate of drug-likeness (QED) is 0.729. The van der Waals surface area contributed by atoms with Crippen LogP contribution in [0, 0.1) is 6.92 Å². The average Bonchev–Trinajstić information content (AvgIpc) is 3.05. The van der Waals surface area contributed by atoms with Crippen LogP contribution in [0.3, 0.4) is 0 Å². The molecular formula is C27H30N2O2. The van der Waals surface area contributed by atoms with E-state index in [1.807, 2.05) is 18.2 Å². The van der Waals surface area contributed by atoms with Crippen LogP contribution in [0.4, 0.5) is 0 Å². The summed E-state index contributed by atoms with van der Waals surface area (Å²) in [4.78, 5) is 29.7. The van der Waals surface area contributed by atoms with Crippen LogP contribution in [-0.4, -0.2) is 28.9 Å². The lowest BCUT2D eigenvalue weighted by molar-refractivity contribution is -0.124. The SMILES string of the molecule is C=CC1=C(C=C)C(=O)N(C/C=C(\c2ccc(C(C)(C)C)cc2)c2ccc(C)c(=O)[nH]2)C1. The van der Waals surface area contributed by atoms with Gasteiger partial charge in [-0.05, 0) is 35.1 Å². The van der Waals surface area contributed by atoms with Crippen molar-refractivity contribution in [3.8, 4) is 0 Å². The highest BCUT2D eigenvalue weighted by molar-refractivity contribution is 6.00. The summed E-state index contributed by atoms with van der Waals surface area (Å²) in [5.41, 5.74) is 5.92. The number of nitrogens with zero attached hydrogens (tertiary/aromatic N) is 1. The van der Waals surface area contributed by atoms with Crippen molar-refractivity contribution in [3.63, 3.8) is 0 Å². The smallest absolute Gasteiger partial charge is 0.254 e. The van der Waals surface area contributed by atoms with Crippen molar-refractivity contribution in [3.05, 3.63) is 112 Å². The van der Waals surface area contributed by atoms with Gasteiger partial charge in [0.05, 0.1) is 0 Å². The number of amides is 1. The molecule has 0 saturated carbocycles. The summed E-state index contributed by atoms with van der Waals surface area (Å²) in [6, 6.07) is 12.1. The Hall–Kier alpha value is -3.40. The van der Waals surface area contributed by atoms with Crippen molar-refractivity contribution in [1.82, 2.24) is 9.88 Å². The van der Waals surface area contributed by atoms with Crippen LogP contribution >= 0.6 is 0 Å². The molecule has 0 aliphatic carbocycles. The van der Waals surface area contributed by atoms with Crippen LogP contribution in [0.2, 0.25) is 0 Å². The molecule has 0 unspecified atom stereocenters. The summed E-state index contributed by atoms with van der Waals surface area (Å²) in [6.07, 6.45) is 5.30. The van der Waals surface area contributed by atoms with E-state index >= 15 is 0 Å². The number of nitrogens with one attached hydrogen (secondary N) is 1. The third kappa shape index (κ3) is 4.69. The first-order chi connectivity index (χ1) is 14.7. The van der Waals surface area contributed by atoms with Gasteiger partial charge in [-0.15, -0.1) is 0 Å². The van der Waals surface area contributed by atoms with Crippen LogP contribution in [0.25, 0.3) is 5.57 Å². The fourth-order valence-corrected chi connectivity index (χ4v) is 3.65. The monoisotopic (exact) mass is 414 g/mol. The van der Waals surface area contributed by atoms with Gasteiger partial charge in [0.1, 0.15) is 0 Å². The van der Waals surface area contributed by atoms with Crippen LogP contribution < -0.4 is 5.56 Å². The largest absolute Gasteiger partial charge is 0.331 e. The summed E-state index contributed by atoms with van der Waals surface area (Å²) in [7, 11) is 0. The van der Waals surface area contributed by atoms with E-state index in [-0.39, 0.29) is 16.9 Å². The Morgan fingerprint density at radius 1 is 1.06 bits per heavy atom. The minimum atomic E-state index is -0.114. The maximum Gasteiger partial charge on any atom is 0.254 e. The van der Waals surface area contributed by atoms with Gasteiger partial charge in [0.15, 0.2) is 0 Å². The molecule has 160 valence electrons.